The van der Waals surface area contributed by atoms with Gasteiger partial charge in [-0.15, -0.1) is 0 Å². The van der Waals surface area contributed by atoms with E-state index in [1.165, 1.54) is 6.92 Å². The van der Waals surface area contributed by atoms with E-state index < -0.39 is 15.5 Å². The maximum absolute atomic E-state index is 10.3. The molecule has 0 rings (SSSR count). The zero-order chi connectivity index (χ0) is 9.07. The van der Waals surface area contributed by atoms with Crippen molar-refractivity contribution in [1.82, 2.24) is 0 Å². The Bertz CT molecular complexity index is 238. The van der Waals surface area contributed by atoms with Gasteiger partial charge in [0.1, 0.15) is 11.2 Å². The van der Waals surface area contributed by atoms with Crippen LogP contribution in [0.15, 0.2) is 0 Å². The number of hydrogen-bond acceptors (Lipinski definition) is 4. The minimum absolute atomic E-state index is 0. The quantitative estimate of drug-likeness (QED) is 0.452. The van der Waals surface area contributed by atoms with Gasteiger partial charge in [0, 0.05) is 6.42 Å². The van der Waals surface area contributed by atoms with E-state index in [-0.39, 0.29) is 56.4 Å². The molecule has 0 radical (unpaired) electrons. The standard InChI is InChI=1S/C5H11NO4S.Ca.2H/c1-4(7)2-3-5(6)11(8,9)10;;;/h5H,2-3,6H2,1H3,(H,8,9,10);;;. The molecule has 70 valence electrons. The van der Waals surface area contributed by atoms with Crippen molar-refractivity contribution in [3.05, 3.63) is 0 Å². The Hall–Kier alpha value is 0.800. The molecule has 0 amide bonds. The second kappa shape index (κ2) is 6.28. The first-order chi connectivity index (χ1) is 4.84. The Labute approximate surface area is 101 Å². The molecule has 3 N–H and O–H groups in total. The maximum atomic E-state index is 10.3. The monoisotopic (exact) mass is 223 g/mol. The van der Waals surface area contributed by atoms with Crippen LogP contribution >= 0.6 is 0 Å². The van der Waals surface area contributed by atoms with Gasteiger partial charge in [-0.05, 0) is 13.3 Å². The number of rotatable bonds is 4. The van der Waals surface area contributed by atoms with Crippen LogP contribution in [0.3, 0.4) is 0 Å². The van der Waals surface area contributed by atoms with Gasteiger partial charge in [0.05, 0.1) is 0 Å². The Morgan fingerprint density at radius 3 is 2.25 bits per heavy atom. The first kappa shape index (κ1) is 15.3. The molecule has 0 aromatic carbocycles. The summed E-state index contributed by atoms with van der Waals surface area (Å²) in [5, 5.41) is -1.34. The van der Waals surface area contributed by atoms with Crippen LogP contribution in [0.2, 0.25) is 0 Å². The third kappa shape index (κ3) is 7.45. The number of nitrogens with two attached hydrogens (primary N) is 1. The molecule has 0 spiro atoms. The van der Waals surface area contributed by atoms with Crippen molar-refractivity contribution in [2.75, 3.05) is 0 Å². The Kier molecular flexibility index (Phi) is 8.00. The van der Waals surface area contributed by atoms with E-state index in [4.69, 9.17) is 10.3 Å². The summed E-state index contributed by atoms with van der Waals surface area (Å²) in [5.41, 5.74) is 5.01. The van der Waals surface area contributed by atoms with E-state index in [0.717, 1.165) is 0 Å². The molecule has 0 fully saturated rings. The van der Waals surface area contributed by atoms with Crippen LogP contribution < -0.4 is 5.73 Å². The van der Waals surface area contributed by atoms with E-state index in [0.29, 0.717) is 0 Å². The van der Waals surface area contributed by atoms with Gasteiger partial charge in [0.15, 0.2) is 0 Å². The fraction of sp³-hybridized carbons (Fsp3) is 0.800. The molecule has 1 unspecified atom stereocenters. The van der Waals surface area contributed by atoms with Crippen LogP contribution in [-0.2, 0) is 14.9 Å². The van der Waals surface area contributed by atoms with Gasteiger partial charge in [-0.25, -0.2) is 0 Å². The topological polar surface area (TPSA) is 97.5 Å². The van der Waals surface area contributed by atoms with E-state index in [2.05, 4.69) is 0 Å². The summed E-state index contributed by atoms with van der Waals surface area (Å²) < 4.78 is 28.9. The number of Topliss-reactive ketones (excluding diaryl/α,β-unsaturated/α-hetero) is 1. The van der Waals surface area contributed by atoms with E-state index in [1.807, 2.05) is 0 Å². The SMILES string of the molecule is CC(=O)CCC(N)S(=O)(=O)O.[CaH2]. The molecular weight excluding hydrogens is 210 g/mol. The van der Waals surface area contributed by atoms with Crippen LogP contribution in [0.5, 0.6) is 0 Å². The summed E-state index contributed by atoms with van der Waals surface area (Å²) in [5.74, 6) is -0.149. The Morgan fingerprint density at radius 2 is 2.00 bits per heavy atom. The molecule has 0 aliphatic carbocycles. The third-order valence-corrected chi connectivity index (χ3v) is 2.16. The first-order valence-electron chi connectivity index (χ1n) is 3.05. The van der Waals surface area contributed by atoms with E-state index in [1.54, 1.807) is 0 Å². The molecule has 12 heavy (non-hydrogen) atoms. The van der Waals surface area contributed by atoms with Gasteiger partial charge >= 0.3 is 37.7 Å². The van der Waals surface area contributed by atoms with Crippen molar-refractivity contribution in [1.29, 1.82) is 0 Å². The third-order valence-electron chi connectivity index (χ3n) is 1.16. The van der Waals surface area contributed by atoms with Crippen LogP contribution in [0.4, 0.5) is 0 Å². The average molecular weight is 223 g/mol. The van der Waals surface area contributed by atoms with Gasteiger partial charge in [0.25, 0.3) is 10.1 Å². The van der Waals surface area contributed by atoms with Crippen molar-refractivity contribution in [3.63, 3.8) is 0 Å². The summed E-state index contributed by atoms with van der Waals surface area (Å²) in [6, 6.07) is 0. The van der Waals surface area contributed by atoms with Crippen molar-refractivity contribution in [3.8, 4) is 0 Å². The minimum atomic E-state index is -4.17. The molecule has 0 saturated carbocycles. The van der Waals surface area contributed by atoms with Gasteiger partial charge < -0.3 is 10.5 Å². The average Bonchev–Trinajstić information content (AvgIpc) is 1.80. The van der Waals surface area contributed by atoms with Crippen molar-refractivity contribution in [2.24, 2.45) is 5.73 Å². The molecule has 7 heteroatoms. The van der Waals surface area contributed by atoms with Gasteiger partial charge in [-0.1, -0.05) is 0 Å². The first-order valence-corrected chi connectivity index (χ1v) is 4.55. The fourth-order valence-corrected chi connectivity index (χ4v) is 0.910. The summed E-state index contributed by atoms with van der Waals surface area (Å²) in [4.78, 5) is 10.3. The second-order valence-electron chi connectivity index (χ2n) is 2.29. The molecule has 0 aromatic heterocycles. The molecule has 0 saturated heterocycles. The summed E-state index contributed by atoms with van der Waals surface area (Å²) in [7, 11) is -4.17. The van der Waals surface area contributed by atoms with Crippen LogP contribution in [-0.4, -0.2) is 61.9 Å². The van der Waals surface area contributed by atoms with Crippen LogP contribution in [0, 0.1) is 0 Å². The molecule has 0 aromatic rings. The zero-order valence-electron chi connectivity index (χ0n) is 6.15. The zero-order valence-corrected chi connectivity index (χ0v) is 6.97. The summed E-state index contributed by atoms with van der Waals surface area (Å²) in [6.07, 6.45) is 0.0368. The van der Waals surface area contributed by atoms with Gasteiger partial charge in [0.2, 0.25) is 0 Å². The predicted octanol–water partition coefficient (Wildman–Crippen LogP) is -1.39. The molecule has 0 aliphatic heterocycles. The molecular formula is C5H13CaNO4S. The molecule has 0 heterocycles. The Morgan fingerprint density at radius 1 is 1.58 bits per heavy atom. The van der Waals surface area contributed by atoms with Gasteiger partial charge in [-0.3, -0.25) is 4.55 Å². The number of carbonyl (C=O) groups excluding carboxylic acids is 1. The summed E-state index contributed by atoms with van der Waals surface area (Å²) in [6.45, 7) is 1.33. The Balaban J connectivity index is 0. The fourth-order valence-electron chi connectivity index (χ4n) is 0.494. The number of carbonyl (C=O) groups is 1. The number of ketones is 1. The van der Waals surface area contributed by atoms with Crippen LogP contribution in [0.25, 0.3) is 0 Å². The normalized spacial score (nSPS) is 13.2. The van der Waals surface area contributed by atoms with E-state index >= 15 is 0 Å². The molecule has 0 bridgehead atoms. The summed E-state index contributed by atoms with van der Waals surface area (Å²) >= 11 is 0. The van der Waals surface area contributed by atoms with Crippen molar-refractivity contribution < 1.29 is 17.8 Å². The molecule has 5 nitrogen and oxygen atoms in total. The van der Waals surface area contributed by atoms with Crippen LogP contribution in [0.1, 0.15) is 19.8 Å². The number of hydrogen-bond donors (Lipinski definition) is 2. The van der Waals surface area contributed by atoms with Crippen molar-refractivity contribution >= 4 is 53.6 Å². The molecule has 1 atom stereocenters. The predicted molar refractivity (Wildman–Crippen MR) is 48.0 cm³/mol. The van der Waals surface area contributed by atoms with Crippen molar-refractivity contribution in [2.45, 2.75) is 25.1 Å². The van der Waals surface area contributed by atoms with Gasteiger partial charge in [-0.2, -0.15) is 8.42 Å². The van der Waals surface area contributed by atoms with E-state index in [9.17, 15) is 13.2 Å². The second-order valence-corrected chi connectivity index (χ2v) is 3.93. The molecule has 0 aliphatic rings.